The van der Waals surface area contributed by atoms with Crippen LogP contribution in [0.2, 0.25) is 0 Å². The van der Waals surface area contributed by atoms with Gasteiger partial charge in [-0.3, -0.25) is 24.0 Å². The summed E-state index contributed by atoms with van der Waals surface area (Å²) in [7, 11) is 1.41. The maximum absolute atomic E-state index is 12.7. The predicted octanol–water partition coefficient (Wildman–Crippen LogP) is -0.938. The molecule has 3 heterocycles. The predicted molar refractivity (Wildman–Crippen MR) is 88.3 cm³/mol. The molecular weight excluding hydrogens is 346 g/mol. The number of carbonyl (C=O) groups is 1. The first-order valence-corrected chi connectivity index (χ1v) is 8.52. The van der Waals surface area contributed by atoms with Gasteiger partial charge in [0.2, 0.25) is 5.60 Å². The number of aryl methyl sites for hydroxylation is 1. The molecule has 1 unspecified atom stereocenters. The number of fused-ring (bicyclic) bond motifs is 2. The van der Waals surface area contributed by atoms with E-state index in [2.05, 4.69) is 4.98 Å². The third-order valence-corrected chi connectivity index (χ3v) is 4.71. The highest BCUT2D eigenvalue weighted by molar-refractivity contribution is 5.86. The van der Waals surface area contributed by atoms with Gasteiger partial charge in [-0.25, -0.2) is 9.86 Å². The summed E-state index contributed by atoms with van der Waals surface area (Å²) in [5.41, 5.74) is -2.61. The topological polar surface area (TPSA) is 123 Å². The van der Waals surface area contributed by atoms with Crippen LogP contribution in [0.3, 0.4) is 0 Å². The first-order valence-electron chi connectivity index (χ1n) is 8.52. The average Bonchev–Trinajstić information content (AvgIpc) is 2.81. The van der Waals surface area contributed by atoms with E-state index in [4.69, 9.17) is 14.3 Å². The molecule has 0 radical (unpaired) electrons. The van der Waals surface area contributed by atoms with Crippen molar-refractivity contribution in [1.82, 2.24) is 14.6 Å². The molecule has 0 aliphatic carbocycles. The lowest BCUT2D eigenvalue weighted by Gasteiger charge is -2.37. The number of hydroxylamine groups is 2. The maximum atomic E-state index is 12.7. The fourth-order valence-corrected chi connectivity index (χ4v) is 3.20. The Morgan fingerprint density at radius 2 is 2.12 bits per heavy atom. The van der Waals surface area contributed by atoms with Crippen molar-refractivity contribution < 1.29 is 24.2 Å². The summed E-state index contributed by atoms with van der Waals surface area (Å²) in [6, 6.07) is 0. The molecule has 0 aromatic carbocycles. The van der Waals surface area contributed by atoms with Crippen LogP contribution in [0.5, 0.6) is 0 Å². The molecule has 144 valence electrons. The molecule has 1 aromatic heterocycles. The normalized spacial score (nSPS) is 30.8. The van der Waals surface area contributed by atoms with Crippen molar-refractivity contribution in [3.63, 3.8) is 0 Å². The molecule has 10 heteroatoms. The minimum absolute atomic E-state index is 0.162. The Morgan fingerprint density at radius 3 is 2.81 bits per heavy atom. The quantitative estimate of drug-likeness (QED) is 0.621. The molecule has 0 saturated carbocycles. The first kappa shape index (κ1) is 18.8. The van der Waals surface area contributed by atoms with Crippen LogP contribution in [0.15, 0.2) is 15.8 Å². The molecule has 26 heavy (non-hydrogen) atoms. The zero-order valence-corrected chi connectivity index (χ0v) is 14.9. The molecule has 2 aliphatic heterocycles. The van der Waals surface area contributed by atoms with Crippen LogP contribution in [0.1, 0.15) is 31.6 Å². The SMILES string of the molecule is CCCCOC[C@]12O[C@@H](n3cc(C)c(=O)[nH]c3=O)[C@@H](ON(C)C1=O)C2O. The van der Waals surface area contributed by atoms with E-state index in [9.17, 15) is 19.5 Å². The van der Waals surface area contributed by atoms with Crippen LogP contribution >= 0.6 is 0 Å². The number of aliphatic hydroxyl groups excluding tert-OH is 1. The van der Waals surface area contributed by atoms with Crippen LogP contribution in [-0.2, 0) is 19.1 Å². The highest BCUT2D eigenvalue weighted by Gasteiger charge is 2.66. The molecular formula is C16H23N3O7. The fourth-order valence-electron chi connectivity index (χ4n) is 3.20. The third-order valence-electron chi connectivity index (χ3n) is 4.71. The van der Waals surface area contributed by atoms with Crippen LogP contribution in [0.25, 0.3) is 0 Å². The van der Waals surface area contributed by atoms with E-state index in [1.807, 2.05) is 6.92 Å². The van der Waals surface area contributed by atoms with E-state index in [0.29, 0.717) is 6.61 Å². The van der Waals surface area contributed by atoms with Crippen LogP contribution in [0.4, 0.5) is 0 Å². The second-order valence-electron chi connectivity index (χ2n) is 6.60. The van der Waals surface area contributed by atoms with Gasteiger partial charge in [-0.2, -0.15) is 0 Å². The van der Waals surface area contributed by atoms with E-state index in [0.717, 1.165) is 22.5 Å². The Hall–Kier alpha value is -2.01. The summed E-state index contributed by atoms with van der Waals surface area (Å²) in [4.78, 5) is 44.1. The molecule has 4 atom stereocenters. The largest absolute Gasteiger partial charge is 0.386 e. The van der Waals surface area contributed by atoms with E-state index in [-0.39, 0.29) is 12.2 Å². The van der Waals surface area contributed by atoms with Crippen LogP contribution in [-0.4, -0.2) is 63.7 Å². The number of nitrogens with one attached hydrogen (secondary N) is 1. The molecule has 2 saturated heterocycles. The van der Waals surface area contributed by atoms with Gasteiger partial charge < -0.3 is 14.6 Å². The Kier molecular flexibility index (Phi) is 5.02. The lowest BCUT2D eigenvalue weighted by Crippen LogP contribution is -2.63. The van der Waals surface area contributed by atoms with Crippen molar-refractivity contribution in [2.24, 2.45) is 0 Å². The molecule has 2 fully saturated rings. The zero-order valence-electron chi connectivity index (χ0n) is 14.9. The van der Waals surface area contributed by atoms with Crippen molar-refractivity contribution in [3.05, 3.63) is 32.6 Å². The summed E-state index contributed by atoms with van der Waals surface area (Å²) >= 11 is 0. The van der Waals surface area contributed by atoms with E-state index in [1.165, 1.54) is 20.2 Å². The van der Waals surface area contributed by atoms with Crippen molar-refractivity contribution in [2.75, 3.05) is 20.3 Å². The number of ether oxygens (including phenoxy) is 2. The number of aromatic amines is 1. The lowest BCUT2D eigenvalue weighted by molar-refractivity contribution is -0.246. The van der Waals surface area contributed by atoms with Gasteiger partial charge in [-0.1, -0.05) is 13.3 Å². The first-order chi connectivity index (χ1) is 12.3. The number of rotatable bonds is 6. The van der Waals surface area contributed by atoms with Gasteiger partial charge in [-0.05, 0) is 13.3 Å². The monoisotopic (exact) mass is 369 g/mol. The minimum Gasteiger partial charge on any atom is -0.386 e. The molecule has 2 bridgehead atoms. The van der Waals surface area contributed by atoms with Crippen molar-refractivity contribution in [2.45, 2.75) is 50.7 Å². The standard InChI is InChI=1S/C16H23N3O7/c1-4-5-6-24-8-16-11(20)10(26-18(3)14(16)22)13(25-16)19-7-9(2)12(21)17-15(19)23/h7,10-11,13,20H,4-6,8H2,1-3H3,(H,17,21,23)/t10-,11?,13+,16+/m0/s1. The minimum atomic E-state index is -1.67. The maximum Gasteiger partial charge on any atom is 0.330 e. The van der Waals surface area contributed by atoms with Gasteiger partial charge >= 0.3 is 5.69 Å². The lowest BCUT2D eigenvalue weighted by atomic mass is 9.93. The third kappa shape index (κ3) is 2.88. The summed E-state index contributed by atoms with van der Waals surface area (Å²) in [5, 5.41) is 11.7. The number of H-pyrrole nitrogens is 1. The van der Waals surface area contributed by atoms with Gasteiger partial charge in [0.25, 0.3) is 11.5 Å². The van der Waals surface area contributed by atoms with Crippen molar-refractivity contribution >= 4 is 5.91 Å². The number of unbranched alkanes of at least 4 members (excludes halogenated alkanes) is 1. The molecule has 0 spiro atoms. The van der Waals surface area contributed by atoms with Gasteiger partial charge in [0, 0.05) is 25.4 Å². The second kappa shape index (κ2) is 6.95. The van der Waals surface area contributed by atoms with E-state index >= 15 is 0 Å². The second-order valence-corrected chi connectivity index (χ2v) is 6.60. The molecule has 1 aromatic rings. The number of hydrogen-bond acceptors (Lipinski definition) is 7. The Balaban J connectivity index is 1.96. The number of aromatic nitrogens is 2. The smallest absolute Gasteiger partial charge is 0.330 e. The summed E-state index contributed by atoms with van der Waals surface area (Å²) in [6.07, 6.45) is -0.370. The average molecular weight is 369 g/mol. The fraction of sp³-hybridized carbons (Fsp3) is 0.688. The number of nitrogens with zero attached hydrogens (tertiary/aromatic N) is 2. The summed E-state index contributed by atoms with van der Waals surface area (Å²) in [6.45, 7) is 3.80. The Labute approximate surface area is 149 Å². The highest BCUT2D eigenvalue weighted by Crippen LogP contribution is 2.43. The van der Waals surface area contributed by atoms with E-state index < -0.39 is 41.2 Å². The Morgan fingerprint density at radius 1 is 1.38 bits per heavy atom. The number of amides is 1. The Bertz CT molecular complexity index is 804. The summed E-state index contributed by atoms with van der Waals surface area (Å²) < 4.78 is 12.5. The molecule has 2 aliphatic rings. The van der Waals surface area contributed by atoms with Gasteiger partial charge in [0.15, 0.2) is 12.3 Å². The molecule has 2 N–H and O–H groups in total. The molecule has 1 amide bonds. The highest BCUT2D eigenvalue weighted by atomic mass is 16.7. The van der Waals surface area contributed by atoms with Gasteiger partial charge in [0.1, 0.15) is 6.10 Å². The van der Waals surface area contributed by atoms with E-state index in [1.54, 1.807) is 0 Å². The van der Waals surface area contributed by atoms with Gasteiger partial charge in [0.05, 0.1) is 6.61 Å². The molecule has 3 rings (SSSR count). The number of likely N-dealkylation sites (N-methyl/N-ethyl adjacent to an activating group) is 1. The van der Waals surface area contributed by atoms with Crippen LogP contribution < -0.4 is 11.2 Å². The zero-order chi connectivity index (χ0) is 19.1. The molecule has 10 nitrogen and oxygen atoms in total. The number of hydrogen-bond donors (Lipinski definition) is 2. The van der Waals surface area contributed by atoms with Crippen LogP contribution in [0, 0.1) is 6.92 Å². The van der Waals surface area contributed by atoms with Gasteiger partial charge in [-0.15, -0.1) is 0 Å². The number of carbonyl (C=O) groups excluding carboxylic acids is 1. The summed E-state index contributed by atoms with van der Waals surface area (Å²) in [5.74, 6) is -0.588. The number of aliphatic hydroxyl groups is 1. The van der Waals surface area contributed by atoms with Crippen molar-refractivity contribution in [3.8, 4) is 0 Å². The van der Waals surface area contributed by atoms with Crippen molar-refractivity contribution in [1.29, 1.82) is 0 Å².